The van der Waals surface area contributed by atoms with Gasteiger partial charge in [0.05, 0.1) is 10.0 Å². The molecule has 2 saturated heterocycles. The van der Waals surface area contributed by atoms with Gasteiger partial charge in [0, 0.05) is 68.3 Å². The number of amides is 4. The summed E-state index contributed by atoms with van der Waals surface area (Å²) in [7, 11) is 1.53. The molecular weight excluding hydrogens is 797 g/mol. The Morgan fingerprint density at radius 1 is 0.881 bits per heavy atom. The predicted molar refractivity (Wildman–Crippen MR) is 229 cm³/mol. The average Bonchev–Trinajstić information content (AvgIpc) is 3.43. The molecular formula is C43H51Cl2N7O7. The molecule has 3 aromatic carbocycles. The summed E-state index contributed by atoms with van der Waals surface area (Å²) in [6.45, 7) is 7.46. The molecule has 1 aromatic heterocycles. The number of halogens is 2. The van der Waals surface area contributed by atoms with Crippen molar-refractivity contribution in [3.8, 4) is 23.0 Å². The van der Waals surface area contributed by atoms with Crippen LogP contribution in [0.1, 0.15) is 68.9 Å². The minimum atomic E-state index is -0.546. The molecule has 314 valence electrons. The summed E-state index contributed by atoms with van der Waals surface area (Å²) in [5.41, 5.74) is 8.59. The molecule has 0 bridgehead atoms. The zero-order valence-electron chi connectivity index (χ0n) is 33.6. The highest BCUT2D eigenvalue weighted by Gasteiger charge is 2.29. The summed E-state index contributed by atoms with van der Waals surface area (Å²) in [6.07, 6.45) is 5.26. The van der Waals surface area contributed by atoms with E-state index in [4.69, 9.17) is 47.9 Å². The van der Waals surface area contributed by atoms with E-state index >= 15 is 0 Å². The molecule has 14 nitrogen and oxygen atoms in total. The molecule has 0 aliphatic carbocycles. The Morgan fingerprint density at radius 2 is 1.58 bits per heavy atom. The Kier molecular flexibility index (Phi) is 14.3. The van der Waals surface area contributed by atoms with Crippen LogP contribution in [0, 0.1) is 0 Å². The van der Waals surface area contributed by atoms with Gasteiger partial charge < -0.3 is 50.8 Å². The Morgan fingerprint density at radius 3 is 2.29 bits per heavy atom. The Bertz CT molecular complexity index is 2110. The van der Waals surface area contributed by atoms with E-state index in [9.17, 15) is 14.4 Å². The molecule has 2 aliphatic rings. The number of pyridine rings is 1. The third kappa shape index (κ3) is 12.3. The van der Waals surface area contributed by atoms with E-state index in [0.29, 0.717) is 88.9 Å². The van der Waals surface area contributed by atoms with Crippen molar-refractivity contribution in [2.45, 2.75) is 83.1 Å². The highest BCUT2D eigenvalue weighted by molar-refractivity contribution is 6.33. The highest BCUT2D eigenvalue weighted by atomic mass is 35.5. The van der Waals surface area contributed by atoms with Gasteiger partial charge in [-0.3, -0.25) is 9.78 Å². The van der Waals surface area contributed by atoms with Crippen molar-refractivity contribution in [3.63, 3.8) is 0 Å². The average molecular weight is 849 g/mol. The van der Waals surface area contributed by atoms with Gasteiger partial charge >= 0.3 is 12.1 Å². The lowest BCUT2D eigenvalue weighted by molar-refractivity contribution is 0.0126. The van der Waals surface area contributed by atoms with Crippen LogP contribution in [0.4, 0.5) is 26.7 Å². The summed E-state index contributed by atoms with van der Waals surface area (Å²) in [4.78, 5) is 43.0. The van der Waals surface area contributed by atoms with Crippen molar-refractivity contribution < 1.29 is 33.3 Å². The smallest absolute Gasteiger partial charge is 0.410 e. The van der Waals surface area contributed by atoms with Crippen molar-refractivity contribution in [1.82, 2.24) is 20.5 Å². The number of nitrogens with one attached hydrogen (secondary N) is 4. The lowest BCUT2D eigenvalue weighted by Crippen LogP contribution is -2.44. The zero-order valence-corrected chi connectivity index (χ0v) is 35.1. The number of likely N-dealkylation sites (tertiary alicyclic amines) is 1. The maximum absolute atomic E-state index is 12.8. The predicted octanol–water partition coefficient (Wildman–Crippen LogP) is 8.68. The molecule has 3 heterocycles. The van der Waals surface area contributed by atoms with Gasteiger partial charge in [0.1, 0.15) is 46.5 Å². The molecule has 4 amide bonds. The Labute approximate surface area is 354 Å². The lowest BCUT2D eigenvalue weighted by atomic mass is 9.98. The van der Waals surface area contributed by atoms with E-state index in [1.807, 2.05) is 32.9 Å². The number of ether oxygens (including phenoxy) is 4. The van der Waals surface area contributed by atoms with E-state index in [-0.39, 0.29) is 35.9 Å². The van der Waals surface area contributed by atoms with Crippen LogP contribution in [0.2, 0.25) is 10.0 Å². The fourth-order valence-electron chi connectivity index (χ4n) is 6.86. The first-order valence-electron chi connectivity index (χ1n) is 19.7. The van der Waals surface area contributed by atoms with Crippen molar-refractivity contribution >= 4 is 58.3 Å². The third-order valence-corrected chi connectivity index (χ3v) is 10.5. The fourth-order valence-corrected chi connectivity index (χ4v) is 7.37. The van der Waals surface area contributed by atoms with E-state index < -0.39 is 11.6 Å². The largest absolute Gasteiger partial charge is 0.489 e. The van der Waals surface area contributed by atoms with Crippen molar-refractivity contribution in [3.05, 3.63) is 94.2 Å². The second-order valence-electron chi connectivity index (χ2n) is 15.5. The maximum atomic E-state index is 12.8. The second kappa shape index (κ2) is 19.5. The first-order valence-corrected chi connectivity index (χ1v) is 20.4. The first kappa shape index (κ1) is 43.1. The minimum absolute atomic E-state index is 0.0242. The minimum Gasteiger partial charge on any atom is -0.489 e. The number of anilines is 3. The molecule has 6 rings (SSSR count). The molecule has 4 aromatic rings. The maximum Gasteiger partial charge on any atom is 0.410 e. The Balaban J connectivity index is 0.995. The summed E-state index contributed by atoms with van der Waals surface area (Å²) in [5.74, 6) is 1.74. The number of benzene rings is 3. The quantitative estimate of drug-likeness (QED) is 0.0918. The highest BCUT2D eigenvalue weighted by Crippen LogP contribution is 2.36. The number of urea groups is 1. The van der Waals surface area contributed by atoms with E-state index in [1.165, 1.54) is 13.2 Å². The van der Waals surface area contributed by atoms with Crippen molar-refractivity contribution in [1.29, 1.82) is 0 Å². The van der Waals surface area contributed by atoms with Crippen LogP contribution in [0.15, 0.2) is 72.9 Å². The number of nitrogen functional groups attached to an aromatic ring is 1. The normalized spacial score (nSPS) is 17.3. The van der Waals surface area contributed by atoms with Crippen molar-refractivity contribution in [2.75, 3.05) is 43.0 Å². The van der Waals surface area contributed by atoms with E-state index in [2.05, 4.69) is 26.3 Å². The van der Waals surface area contributed by atoms with Gasteiger partial charge in [0.15, 0.2) is 0 Å². The molecule has 59 heavy (non-hydrogen) atoms. The summed E-state index contributed by atoms with van der Waals surface area (Å²) < 4.78 is 24.2. The molecule has 0 saturated carbocycles. The number of rotatable bonds is 11. The summed E-state index contributed by atoms with van der Waals surface area (Å²) in [5, 5.41) is 12.6. The number of carbonyl (C=O) groups is 3. The number of hydrogen-bond acceptors (Lipinski definition) is 10. The number of nitrogens with zero attached hydrogens (tertiary/aromatic N) is 2. The number of aromatic nitrogens is 1. The van der Waals surface area contributed by atoms with Gasteiger partial charge in [-0.2, -0.15) is 0 Å². The lowest BCUT2D eigenvalue weighted by Gasteiger charge is -2.33. The topological polar surface area (TPSA) is 178 Å². The van der Waals surface area contributed by atoms with Crippen molar-refractivity contribution in [2.24, 2.45) is 0 Å². The summed E-state index contributed by atoms with van der Waals surface area (Å²) in [6, 6.07) is 18.3. The van der Waals surface area contributed by atoms with E-state index in [0.717, 1.165) is 24.9 Å². The van der Waals surface area contributed by atoms with Gasteiger partial charge in [-0.15, -0.1) is 0 Å². The fraction of sp³-hybridized carbons (Fsp3) is 0.395. The third-order valence-electron chi connectivity index (χ3n) is 9.79. The van der Waals surface area contributed by atoms with Gasteiger partial charge in [-0.1, -0.05) is 23.2 Å². The molecule has 0 spiro atoms. The first-order chi connectivity index (χ1) is 28.2. The molecule has 0 radical (unpaired) electrons. The SMILES string of the molecule is CNC(=O)c1cc(Oc2ccc(NC(=O)Nc3ccc(OC4CCCN[C@@H](Cc5c(N)ccc(OC6CCN(C(=O)OC(C)(C)C)CC6)c5Cl)C4)c(Cl)c3)cc2)ccn1. The van der Waals surface area contributed by atoms with Gasteiger partial charge in [0.25, 0.3) is 5.91 Å². The van der Waals surface area contributed by atoms with Crippen LogP contribution in [-0.4, -0.2) is 78.4 Å². The molecule has 1 unspecified atom stereocenters. The molecule has 6 N–H and O–H groups in total. The number of carbonyl (C=O) groups excluding carboxylic acids is 3. The monoisotopic (exact) mass is 847 g/mol. The molecule has 16 heteroatoms. The number of piperidine rings is 1. The van der Waals surface area contributed by atoms with E-state index in [1.54, 1.807) is 59.5 Å². The molecule has 2 aliphatic heterocycles. The standard InChI is InChI=1S/C43H51Cl2N7O7/c1-43(2,3)59-42(55)52-20-16-30(17-21-52)57-38-14-12-35(46)33(39(38)45)23-28-22-31(6-5-18-48-28)58-37-13-9-27(24-34(37)44)51-41(54)50-26-7-10-29(11-8-26)56-32-15-19-49-36(25-32)40(53)47-4/h7-15,19,24-25,28,30-31,48H,5-6,16-18,20-23,46H2,1-4H3,(H,47,53)(H2,50,51,54)/t28-,31?/m1/s1. The van der Waals surface area contributed by atoms with Crippen LogP contribution >= 0.6 is 23.2 Å². The van der Waals surface area contributed by atoms with Crippen LogP contribution in [0.25, 0.3) is 0 Å². The molecule has 2 atom stereocenters. The van der Waals surface area contributed by atoms with Crippen LogP contribution in [0.3, 0.4) is 0 Å². The zero-order chi connectivity index (χ0) is 42.1. The second-order valence-corrected chi connectivity index (χ2v) is 16.3. The van der Waals surface area contributed by atoms with Gasteiger partial charge in [0.2, 0.25) is 0 Å². The van der Waals surface area contributed by atoms with Gasteiger partial charge in [-0.25, -0.2) is 9.59 Å². The van der Waals surface area contributed by atoms with Crippen LogP contribution in [-0.2, 0) is 11.2 Å². The van der Waals surface area contributed by atoms with Crippen LogP contribution < -0.4 is 41.2 Å². The van der Waals surface area contributed by atoms with Gasteiger partial charge in [-0.05, 0) is 119 Å². The number of nitrogens with two attached hydrogens (primary N) is 1. The number of hydrogen-bond donors (Lipinski definition) is 5. The summed E-state index contributed by atoms with van der Waals surface area (Å²) >= 11 is 13.6. The Hall–Kier alpha value is -5.44. The van der Waals surface area contributed by atoms with Crippen LogP contribution in [0.5, 0.6) is 23.0 Å². The molecule has 2 fully saturated rings.